The zero-order valence-electron chi connectivity index (χ0n) is 22.1. The van der Waals surface area contributed by atoms with Gasteiger partial charge in [-0.05, 0) is 41.8 Å². The SMILES string of the molecule is [C-]#[N+]c1cc2c(Oc3ccc(CC(=O)Cc4ccccc4)c(F)c3)ccnc2cc1OCCCN1CCOCC1. The summed E-state index contributed by atoms with van der Waals surface area (Å²) >= 11 is 0. The first-order valence-corrected chi connectivity index (χ1v) is 13.3. The van der Waals surface area contributed by atoms with Gasteiger partial charge in [-0.2, -0.15) is 0 Å². The summed E-state index contributed by atoms with van der Waals surface area (Å²) in [6, 6.07) is 19.0. The molecule has 1 aliphatic heterocycles. The van der Waals surface area contributed by atoms with Crippen molar-refractivity contribution in [1.82, 2.24) is 9.88 Å². The molecular formula is C32H30FN3O4. The fourth-order valence-electron chi connectivity index (χ4n) is 4.68. The smallest absolute Gasteiger partial charge is 0.229 e. The molecule has 4 aromatic rings. The summed E-state index contributed by atoms with van der Waals surface area (Å²) in [5.41, 5.74) is 2.18. The van der Waals surface area contributed by atoms with Gasteiger partial charge in [-0.15, -0.1) is 0 Å². The summed E-state index contributed by atoms with van der Waals surface area (Å²) in [6.07, 6.45) is 2.70. The number of hydrogen-bond donors (Lipinski definition) is 0. The number of aromatic nitrogens is 1. The van der Waals surface area contributed by atoms with E-state index in [-0.39, 0.29) is 24.4 Å². The number of Topliss-reactive ketones (excluding diaryl/α,β-unsaturated/α-hetero) is 1. The Morgan fingerprint density at radius 1 is 1.02 bits per heavy atom. The second-order valence-corrected chi connectivity index (χ2v) is 9.65. The molecule has 0 saturated carbocycles. The number of pyridine rings is 1. The predicted octanol–water partition coefficient (Wildman–Crippen LogP) is 6.17. The van der Waals surface area contributed by atoms with Gasteiger partial charge in [0.15, 0.2) is 0 Å². The molecule has 204 valence electrons. The van der Waals surface area contributed by atoms with E-state index in [0.29, 0.717) is 40.3 Å². The summed E-state index contributed by atoms with van der Waals surface area (Å²) in [7, 11) is 0. The van der Waals surface area contributed by atoms with Gasteiger partial charge in [0, 0.05) is 50.1 Å². The third kappa shape index (κ3) is 7.00. The van der Waals surface area contributed by atoms with E-state index in [1.165, 1.54) is 6.07 Å². The molecule has 1 fully saturated rings. The van der Waals surface area contributed by atoms with Crippen molar-refractivity contribution in [3.63, 3.8) is 0 Å². The van der Waals surface area contributed by atoms with Crippen molar-refractivity contribution < 1.29 is 23.4 Å². The van der Waals surface area contributed by atoms with Crippen LogP contribution in [0.25, 0.3) is 15.7 Å². The topological polar surface area (TPSA) is 65.2 Å². The normalized spacial score (nSPS) is 13.6. The van der Waals surface area contributed by atoms with Gasteiger partial charge >= 0.3 is 0 Å². The quantitative estimate of drug-likeness (QED) is 0.168. The monoisotopic (exact) mass is 539 g/mol. The molecule has 0 aliphatic carbocycles. The van der Waals surface area contributed by atoms with Gasteiger partial charge in [0.25, 0.3) is 0 Å². The van der Waals surface area contributed by atoms with Gasteiger partial charge in [0.1, 0.15) is 28.8 Å². The van der Waals surface area contributed by atoms with Crippen LogP contribution in [0.2, 0.25) is 0 Å². The molecule has 0 bridgehead atoms. The van der Waals surface area contributed by atoms with Gasteiger partial charge in [0.2, 0.25) is 5.69 Å². The van der Waals surface area contributed by atoms with E-state index >= 15 is 0 Å². The fourth-order valence-corrected chi connectivity index (χ4v) is 4.68. The Kier molecular flexibility index (Phi) is 8.96. The number of fused-ring (bicyclic) bond motifs is 1. The van der Waals surface area contributed by atoms with Crippen molar-refractivity contribution in [2.24, 2.45) is 0 Å². The minimum absolute atomic E-state index is 0.00276. The number of ketones is 1. The Hall–Kier alpha value is -4.32. The van der Waals surface area contributed by atoms with E-state index in [0.717, 1.165) is 44.8 Å². The van der Waals surface area contributed by atoms with E-state index < -0.39 is 5.82 Å². The number of carbonyl (C=O) groups is 1. The van der Waals surface area contributed by atoms with Gasteiger partial charge in [-0.1, -0.05) is 36.4 Å². The number of benzene rings is 3. The number of carbonyl (C=O) groups excluding carboxylic acids is 1. The molecule has 2 heterocycles. The number of rotatable bonds is 11. The van der Waals surface area contributed by atoms with Crippen LogP contribution in [-0.2, 0) is 22.4 Å². The maximum absolute atomic E-state index is 14.9. The van der Waals surface area contributed by atoms with Crippen LogP contribution < -0.4 is 9.47 Å². The molecule has 7 nitrogen and oxygen atoms in total. The highest BCUT2D eigenvalue weighted by Crippen LogP contribution is 2.37. The lowest BCUT2D eigenvalue weighted by atomic mass is 10.0. The van der Waals surface area contributed by atoms with Crippen molar-refractivity contribution in [2.45, 2.75) is 19.3 Å². The zero-order valence-corrected chi connectivity index (χ0v) is 22.1. The Morgan fingerprint density at radius 2 is 1.85 bits per heavy atom. The van der Waals surface area contributed by atoms with Crippen LogP contribution in [0.1, 0.15) is 17.5 Å². The predicted molar refractivity (Wildman–Crippen MR) is 151 cm³/mol. The van der Waals surface area contributed by atoms with Gasteiger partial charge in [-0.3, -0.25) is 14.7 Å². The van der Waals surface area contributed by atoms with Crippen LogP contribution in [0.5, 0.6) is 17.2 Å². The molecule has 1 saturated heterocycles. The highest BCUT2D eigenvalue weighted by Gasteiger charge is 2.15. The maximum Gasteiger partial charge on any atom is 0.229 e. The van der Waals surface area contributed by atoms with Crippen LogP contribution in [0, 0.1) is 12.4 Å². The summed E-state index contributed by atoms with van der Waals surface area (Å²) in [5, 5.41) is 0.622. The lowest BCUT2D eigenvalue weighted by Gasteiger charge is -2.26. The summed E-state index contributed by atoms with van der Waals surface area (Å²) in [5.74, 6) is 0.638. The van der Waals surface area contributed by atoms with Crippen molar-refractivity contribution in [2.75, 3.05) is 39.5 Å². The first-order valence-electron chi connectivity index (χ1n) is 13.3. The number of ether oxygens (including phenoxy) is 3. The fraction of sp³-hybridized carbons (Fsp3) is 0.281. The molecule has 0 amide bonds. The first kappa shape index (κ1) is 27.3. The Balaban J connectivity index is 1.25. The molecular weight excluding hydrogens is 509 g/mol. The average molecular weight is 540 g/mol. The third-order valence-electron chi connectivity index (χ3n) is 6.77. The van der Waals surface area contributed by atoms with Gasteiger partial charge < -0.3 is 14.2 Å². The minimum atomic E-state index is -0.508. The van der Waals surface area contributed by atoms with E-state index in [4.69, 9.17) is 20.8 Å². The number of nitrogens with zero attached hydrogens (tertiary/aromatic N) is 3. The molecule has 40 heavy (non-hydrogen) atoms. The molecule has 0 unspecified atom stereocenters. The number of morpholine rings is 1. The summed E-state index contributed by atoms with van der Waals surface area (Å²) in [4.78, 5) is 22.9. The second kappa shape index (κ2) is 13.2. The number of halogens is 1. The third-order valence-corrected chi connectivity index (χ3v) is 6.77. The van der Waals surface area contributed by atoms with E-state index in [1.54, 1.807) is 36.5 Å². The zero-order chi connectivity index (χ0) is 27.7. The highest BCUT2D eigenvalue weighted by atomic mass is 19.1. The van der Waals surface area contributed by atoms with Crippen LogP contribution in [-0.4, -0.2) is 55.1 Å². The van der Waals surface area contributed by atoms with E-state index in [2.05, 4.69) is 14.7 Å². The largest absolute Gasteiger partial charge is 0.504 e. The van der Waals surface area contributed by atoms with Crippen LogP contribution >= 0.6 is 0 Å². The molecule has 0 spiro atoms. The lowest BCUT2D eigenvalue weighted by molar-refractivity contribution is -0.117. The summed E-state index contributed by atoms with van der Waals surface area (Å²) in [6.45, 7) is 12.4. The van der Waals surface area contributed by atoms with Gasteiger partial charge in [0.05, 0.1) is 31.9 Å². The Bertz CT molecular complexity index is 1510. The maximum atomic E-state index is 14.9. The van der Waals surface area contributed by atoms with Crippen LogP contribution in [0.3, 0.4) is 0 Å². The highest BCUT2D eigenvalue weighted by molar-refractivity contribution is 5.91. The summed E-state index contributed by atoms with van der Waals surface area (Å²) < 4.78 is 32.2. The lowest BCUT2D eigenvalue weighted by Crippen LogP contribution is -2.37. The minimum Gasteiger partial charge on any atom is -0.504 e. The first-order chi connectivity index (χ1) is 19.6. The van der Waals surface area contributed by atoms with E-state index in [9.17, 15) is 9.18 Å². The molecule has 3 aromatic carbocycles. The molecule has 1 aliphatic rings. The van der Waals surface area contributed by atoms with Crippen LogP contribution in [0.15, 0.2) is 72.9 Å². The van der Waals surface area contributed by atoms with Crippen molar-refractivity contribution in [1.29, 1.82) is 0 Å². The molecule has 0 atom stereocenters. The molecule has 8 heteroatoms. The van der Waals surface area contributed by atoms with Crippen LogP contribution in [0.4, 0.5) is 10.1 Å². The molecule has 0 N–H and O–H groups in total. The molecule has 5 rings (SSSR count). The Labute approximate surface area is 232 Å². The number of hydrogen-bond acceptors (Lipinski definition) is 6. The molecule has 0 radical (unpaired) electrons. The molecule has 1 aromatic heterocycles. The van der Waals surface area contributed by atoms with Crippen molar-refractivity contribution in [3.8, 4) is 17.2 Å². The standard InChI is InChI=1S/C32H30FN3O4/c1-34-30-21-27-29(22-32(30)39-15-5-12-36-13-16-38-17-14-36)35-11-10-31(27)40-26-9-8-24(28(33)20-26)19-25(37)18-23-6-3-2-4-7-23/h2-4,6-11,20-22H,5,12-19H2. The van der Waals surface area contributed by atoms with Crippen molar-refractivity contribution in [3.05, 3.63) is 101 Å². The average Bonchev–Trinajstić information content (AvgIpc) is 2.97. The van der Waals surface area contributed by atoms with Crippen molar-refractivity contribution >= 4 is 22.4 Å². The van der Waals surface area contributed by atoms with E-state index in [1.807, 2.05) is 30.3 Å². The second-order valence-electron chi connectivity index (χ2n) is 9.65. The Morgan fingerprint density at radius 3 is 2.62 bits per heavy atom. The van der Waals surface area contributed by atoms with Gasteiger partial charge in [-0.25, -0.2) is 9.24 Å².